The Balaban J connectivity index is 1.59. The molecule has 0 aliphatic carbocycles. The lowest BCUT2D eigenvalue weighted by Crippen LogP contribution is -2.16. The van der Waals surface area contributed by atoms with E-state index in [1.54, 1.807) is 6.20 Å². The van der Waals surface area contributed by atoms with Crippen LogP contribution < -0.4 is 10.6 Å². The summed E-state index contributed by atoms with van der Waals surface area (Å²) in [6, 6.07) is 31.2. The first kappa shape index (κ1) is 19.4. The van der Waals surface area contributed by atoms with Crippen LogP contribution in [0.4, 0.5) is 11.4 Å². The first-order valence-corrected chi connectivity index (χ1v) is 9.94. The zero-order chi connectivity index (χ0) is 20.8. The van der Waals surface area contributed by atoms with Crippen molar-refractivity contribution in [2.24, 2.45) is 0 Å². The zero-order valence-electron chi connectivity index (χ0n) is 16.7. The SMILES string of the molecule is CC(Nc1ccccc1C(=O)Nc1ccccc1-c1ccccn1)c1ccccc1. The number of benzene rings is 3. The maximum Gasteiger partial charge on any atom is 0.257 e. The number of aromatic nitrogens is 1. The van der Waals surface area contributed by atoms with E-state index in [0.29, 0.717) is 5.56 Å². The van der Waals surface area contributed by atoms with Crippen molar-refractivity contribution in [3.63, 3.8) is 0 Å². The fraction of sp³-hybridized carbons (Fsp3) is 0.0769. The van der Waals surface area contributed by atoms with E-state index in [-0.39, 0.29) is 11.9 Å². The van der Waals surface area contributed by atoms with Gasteiger partial charge in [-0.15, -0.1) is 0 Å². The van der Waals surface area contributed by atoms with Crippen molar-refractivity contribution in [3.05, 3.63) is 114 Å². The molecule has 0 spiro atoms. The molecule has 1 amide bonds. The Bertz CT molecular complexity index is 1130. The predicted molar refractivity (Wildman–Crippen MR) is 123 cm³/mol. The van der Waals surface area contributed by atoms with Crippen LogP contribution in [0.1, 0.15) is 28.9 Å². The van der Waals surface area contributed by atoms with Crippen LogP contribution >= 0.6 is 0 Å². The van der Waals surface area contributed by atoms with Gasteiger partial charge >= 0.3 is 0 Å². The molecule has 0 bridgehead atoms. The summed E-state index contributed by atoms with van der Waals surface area (Å²) in [7, 11) is 0. The fourth-order valence-electron chi connectivity index (χ4n) is 3.39. The van der Waals surface area contributed by atoms with Crippen molar-refractivity contribution in [2.45, 2.75) is 13.0 Å². The van der Waals surface area contributed by atoms with Crippen LogP contribution in [0, 0.1) is 0 Å². The van der Waals surface area contributed by atoms with Gasteiger partial charge in [0.1, 0.15) is 0 Å². The number of nitrogens with one attached hydrogen (secondary N) is 2. The van der Waals surface area contributed by atoms with E-state index in [2.05, 4.69) is 34.7 Å². The monoisotopic (exact) mass is 393 g/mol. The second-order valence-electron chi connectivity index (χ2n) is 7.04. The highest BCUT2D eigenvalue weighted by Gasteiger charge is 2.15. The minimum Gasteiger partial charge on any atom is -0.378 e. The molecule has 4 heteroatoms. The molecule has 1 unspecified atom stereocenters. The molecule has 0 saturated heterocycles. The number of nitrogens with zero attached hydrogens (tertiary/aromatic N) is 1. The van der Waals surface area contributed by atoms with Crippen molar-refractivity contribution < 1.29 is 4.79 Å². The van der Waals surface area contributed by atoms with Gasteiger partial charge in [-0.2, -0.15) is 0 Å². The lowest BCUT2D eigenvalue weighted by molar-refractivity contribution is 0.102. The molecule has 4 rings (SSSR count). The van der Waals surface area contributed by atoms with Crippen LogP contribution in [0.25, 0.3) is 11.3 Å². The number of amides is 1. The minimum atomic E-state index is -0.165. The number of carbonyl (C=O) groups excluding carboxylic acids is 1. The standard InChI is InChI=1S/C26H23N3O/c1-19(20-11-3-2-4-12-20)28-25-17-8-6-14-22(25)26(30)29-24-16-7-5-13-21(24)23-15-9-10-18-27-23/h2-19,28H,1H3,(H,29,30). The summed E-state index contributed by atoms with van der Waals surface area (Å²) >= 11 is 0. The zero-order valence-corrected chi connectivity index (χ0v) is 16.7. The molecule has 1 aromatic heterocycles. The summed E-state index contributed by atoms with van der Waals surface area (Å²) in [5.41, 5.74) is 4.98. The van der Waals surface area contributed by atoms with E-state index in [9.17, 15) is 4.79 Å². The number of anilines is 2. The Kier molecular flexibility index (Phi) is 5.85. The molecule has 2 N–H and O–H groups in total. The van der Waals surface area contributed by atoms with Crippen molar-refractivity contribution in [1.82, 2.24) is 4.98 Å². The van der Waals surface area contributed by atoms with Gasteiger partial charge in [0, 0.05) is 23.5 Å². The lowest BCUT2D eigenvalue weighted by atomic mass is 10.1. The molecule has 1 atom stereocenters. The third-order valence-electron chi connectivity index (χ3n) is 4.96. The van der Waals surface area contributed by atoms with Gasteiger partial charge in [0.05, 0.1) is 16.9 Å². The molecule has 1 heterocycles. The second-order valence-corrected chi connectivity index (χ2v) is 7.04. The van der Waals surface area contributed by atoms with E-state index >= 15 is 0 Å². The first-order valence-electron chi connectivity index (χ1n) is 9.94. The first-order chi connectivity index (χ1) is 14.7. The lowest BCUT2D eigenvalue weighted by Gasteiger charge is -2.19. The highest BCUT2D eigenvalue weighted by molar-refractivity contribution is 6.09. The molecule has 0 fully saturated rings. The Morgan fingerprint density at radius 1 is 0.767 bits per heavy atom. The van der Waals surface area contributed by atoms with E-state index in [1.807, 2.05) is 84.9 Å². The molecule has 0 saturated carbocycles. The van der Waals surface area contributed by atoms with E-state index in [4.69, 9.17) is 0 Å². The summed E-state index contributed by atoms with van der Waals surface area (Å²) in [5, 5.41) is 6.53. The summed E-state index contributed by atoms with van der Waals surface area (Å²) in [6.45, 7) is 2.08. The van der Waals surface area contributed by atoms with Crippen molar-refractivity contribution in [2.75, 3.05) is 10.6 Å². The molecule has 148 valence electrons. The highest BCUT2D eigenvalue weighted by atomic mass is 16.1. The summed E-state index contributed by atoms with van der Waals surface area (Å²) in [6.07, 6.45) is 1.75. The van der Waals surface area contributed by atoms with Gasteiger partial charge in [0.15, 0.2) is 0 Å². The van der Waals surface area contributed by atoms with Gasteiger partial charge in [-0.05, 0) is 42.8 Å². The average Bonchev–Trinajstić information content (AvgIpc) is 2.81. The van der Waals surface area contributed by atoms with Gasteiger partial charge in [-0.3, -0.25) is 9.78 Å². The Labute approximate surface area is 176 Å². The molecule has 0 radical (unpaired) electrons. The van der Waals surface area contributed by atoms with Crippen molar-refractivity contribution in [3.8, 4) is 11.3 Å². The summed E-state index contributed by atoms with van der Waals surface area (Å²) in [5.74, 6) is -0.165. The third-order valence-corrected chi connectivity index (χ3v) is 4.96. The number of hydrogen-bond acceptors (Lipinski definition) is 3. The molecule has 0 aliphatic rings. The molecule has 3 aromatic carbocycles. The van der Waals surface area contributed by atoms with Crippen LogP contribution in [0.3, 0.4) is 0 Å². The fourth-order valence-corrected chi connectivity index (χ4v) is 3.39. The molecular formula is C26H23N3O. The number of rotatable bonds is 6. The minimum absolute atomic E-state index is 0.0703. The number of para-hydroxylation sites is 2. The van der Waals surface area contributed by atoms with Crippen LogP contribution in [0.15, 0.2) is 103 Å². The van der Waals surface area contributed by atoms with Crippen molar-refractivity contribution in [1.29, 1.82) is 0 Å². The summed E-state index contributed by atoms with van der Waals surface area (Å²) in [4.78, 5) is 17.6. The second kappa shape index (κ2) is 9.05. The topological polar surface area (TPSA) is 54.0 Å². The maximum absolute atomic E-state index is 13.2. The third kappa shape index (κ3) is 4.39. The van der Waals surface area contributed by atoms with Crippen LogP contribution in [0.5, 0.6) is 0 Å². The number of pyridine rings is 1. The number of hydrogen-bond donors (Lipinski definition) is 2. The maximum atomic E-state index is 13.2. The molecule has 4 nitrogen and oxygen atoms in total. The Morgan fingerprint density at radius 3 is 2.20 bits per heavy atom. The smallest absolute Gasteiger partial charge is 0.257 e. The van der Waals surface area contributed by atoms with E-state index in [0.717, 1.165) is 28.2 Å². The van der Waals surface area contributed by atoms with E-state index in [1.165, 1.54) is 0 Å². The van der Waals surface area contributed by atoms with Crippen LogP contribution in [0.2, 0.25) is 0 Å². The molecule has 0 aliphatic heterocycles. The van der Waals surface area contributed by atoms with Crippen LogP contribution in [-0.4, -0.2) is 10.9 Å². The Morgan fingerprint density at radius 2 is 1.43 bits per heavy atom. The predicted octanol–water partition coefficient (Wildman–Crippen LogP) is 6.17. The molecular weight excluding hydrogens is 370 g/mol. The molecule has 30 heavy (non-hydrogen) atoms. The van der Waals surface area contributed by atoms with Gasteiger partial charge in [0.25, 0.3) is 5.91 Å². The molecule has 4 aromatic rings. The van der Waals surface area contributed by atoms with E-state index < -0.39 is 0 Å². The normalized spacial score (nSPS) is 11.5. The van der Waals surface area contributed by atoms with Crippen molar-refractivity contribution >= 4 is 17.3 Å². The van der Waals surface area contributed by atoms with Crippen LogP contribution in [-0.2, 0) is 0 Å². The highest BCUT2D eigenvalue weighted by Crippen LogP contribution is 2.28. The average molecular weight is 393 g/mol. The van der Waals surface area contributed by atoms with Gasteiger partial charge in [-0.25, -0.2) is 0 Å². The van der Waals surface area contributed by atoms with Gasteiger partial charge in [0.2, 0.25) is 0 Å². The van der Waals surface area contributed by atoms with Gasteiger partial charge < -0.3 is 10.6 Å². The summed E-state index contributed by atoms with van der Waals surface area (Å²) < 4.78 is 0. The van der Waals surface area contributed by atoms with Gasteiger partial charge in [-0.1, -0.05) is 66.7 Å². The largest absolute Gasteiger partial charge is 0.378 e. The Hall–Kier alpha value is -3.92. The quantitative estimate of drug-likeness (QED) is 0.412. The number of carbonyl (C=O) groups is 1.